The van der Waals surface area contributed by atoms with E-state index in [1.165, 1.54) is 0 Å². The molecule has 1 aliphatic heterocycles. The van der Waals surface area contributed by atoms with Gasteiger partial charge in [-0.2, -0.15) is 0 Å². The van der Waals surface area contributed by atoms with Gasteiger partial charge < -0.3 is 4.42 Å². The van der Waals surface area contributed by atoms with E-state index in [1.54, 1.807) is 13.2 Å². The average Bonchev–Trinajstić information content (AvgIpc) is 2.99. The lowest BCUT2D eigenvalue weighted by Crippen LogP contribution is -2.31. The summed E-state index contributed by atoms with van der Waals surface area (Å²) in [7, 11) is -3.06. The van der Waals surface area contributed by atoms with Crippen LogP contribution in [0.25, 0.3) is 0 Å². The maximum absolute atomic E-state index is 11.4. The van der Waals surface area contributed by atoms with E-state index in [-0.39, 0.29) is 5.75 Å². The SMILES string of the molecule is CCS(=O)(=O)NC[C@@H]1CCN(Cc2ccco2)C1. The molecule has 6 heteroatoms. The maximum Gasteiger partial charge on any atom is 0.211 e. The Hall–Kier alpha value is -0.850. The lowest BCUT2D eigenvalue weighted by molar-refractivity contribution is 0.286. The van der Waals surface area contributed by atoms with Crippen molar-refractivity contribution in [2.75, 3.05) is 25.4 Å². The van der Waals surface area contributed by atoms with Gasteiger partial charge in [-0.15, -0.1) is 0 Å². The Labute approximate surface area is 108 Å². The van der Waals surface area contributed by atoms with Gasteiger partial charge in [0.15, 0.2) is 0 Å². The summed E-state index contributed by atoms with van der Waals surface area (Å²) >= 11 is 0. The van der Waals surface area contributed by atoms with Gasteiger partial charge in [-0.3, -0.25) is 4.90 Å². The van der Waals surface area contributed by atoms with Crippen LogP contribution in [0.4, 0.5) is 0 Å². The minimum Gasteiger partial charge on any atom is -0.468 e. The van der Waals surface area contributed by atoms with Crippen LogP contribution in [-0.2, 0) is 16.6 Å². The Morgan fingerprint density at radius 1 is 1.56 bits per heavy atom. The molecule has 1 aromatic heterocycles. The highest BCUT2D eigenvalue weighted by Gasteiger charge is 2.24. The predicted molar refractivity (Wildman–Crippen MR) is 69.6 cm³/mol. The highest BCUT2D eigenvalue weighted by molar-refractivity contribution is 7.89. The number of nitrogens with zero attached hydrogens (tertiary/aromatic N) is 1. The molecule has 1 atom stereocenters. The molecule has 18 heavy (non-hydrogen) atoms. The first-order valence-electron chi connectivity index (χ1n) is 6.31. The summed E-state index contributed by atoms with van der Waals surface area (Å²) < 4.78 is 30.7. The number of hydrogen-bond acceptors (Lipinski definition) is 4. The van der Waals surface area contributed by atoms with Crippen molar-refractivity contribution < 1.29 is 12.8 Å². The van der Waals surface area contributed by atoms with E-state index in [0.29, 0.717) is 12.5 Å². The molecule has 0 radical (unpaired) electrons. The fourth-order valence-corrected chi connectivity index (χ4v) is 2.89. The summed E-state index contributed by atoms with van der Waals surface area (Å²) in [5.41, 5.74) is 0. The van der Waals surface area contributed by atoms with E-state index in [0.717, 1.165) is 31.8 Å². The molecular weight excluding hydrogens is 252 g/mol. The van der Waals surface area contributed by atoms with Gasteiger partial charge >= 0.3 is 0 Å². The quantitative estimate of drug-likeness (QED) is 0.840. The minimum absolute atomic E-state index is 0.149. The average molecular weight is 272 g/mol. The van der Waals surface area contributed by atoms with Crippen LogP contribution in [-0.4, -0.2) is 38.7 Å². The number of rotatable bonds is 6. The second-order valence-corrected chi connectivity index (χ2v) is 6.82. The molecule has 0 saturated carbocycles. The van der Waals surface area contributed by atoms with Crippen LogP contribution in [0, 0.1) is 5.92 Å². The molecule has 0 bridgehead atoms. The largest absolute Gasteiger partial charge is 0.468 e. The van der Waals surface area contributed by atoms with Gasteiger partial charge in [0.05, 0.1) is 18.6 Å². The van der Waals surface area contributed by atoms with Crippen LogP contribution in [0.5, 0.6) is 0 Å². The molecule has 102 valence electrons. The van der Waals surface area contributed by atoms with E-state index in [4.69, 9.17) is 4.42 Å². The second-order valence-electron chi connectivity index (χ2n) is 4.72. The molecule has 0 aromatic carbocycles. The molecule has 0 aliphatic carbocycles. The summed E-state index contributed by atoms with van der Waals surface area (Å²) in [6, 6.07) is 3.85. The molecule has 0 amide bonds. The topological polar surface area (TPSA) is 62.6 Å². The van der Waals surface area contributed by atoms with E-state index in [2.05, 4.69) is 9.62 Å². The normalized spacial score (nSPS) is 21.5. The van der Waals surface area contributed by atoms with Crippen LogP contribution in [0.15, 0.2) is 22.8 Å². The van der Waals surface area contributed by atoms with E-state index in [1.807, 2.05) is 12.1 Å². The molecule has 2 rings (SSSR count). The molecule has 1 fully saturated rings. The van der Waals surface area contributed by atoms with Gasteiger partial charge in [0, 0.05) is 13.1 Å². The fraction of sp³-hybridized carbons (Fsp3) is 0.667. The van der Waals surface area contributed by atoms with Crippen molar-refractivity contribution in [3.05, 3.63) is 24.2 Å². The number of sulfonamides is 1. The third-order valence-electron chi connectivity index (χ3n) is 3.30. The summed E-state index contributed by atoms with van der Waals surface area (Å²) in [4.78, 5) is 2.30. The van der Waals surface area contributed by atoms with E-state index in [9.17, 15) is 8.42 Å². The highest BCUT2D eigenvalue weighted by atomic mass is 32.2. The smallest absolute Gasteiger partial charge is 0.211 e. The summed E-state index contributed by atoms with van der Waals surface area (Å²) in [6.07, 6.45) is 2.71. The molecule has 5 nitrogen and oxygen atoms in total. The van der Waals surface area contributed by atoms with Crippen molar-refractivity contribution in [1.29, 1.82) is 0 Å². The lowest BCUT2D eigenvalue weighted by atomic mass is 10.1. The molecule has 1 N–H and O–H groups in total. The van der Waals surface area contributed by atoms with Crippen molar-refractivity contribution in [1.82, 2.24) is 9.62 Å². The van der Waals surface area contributed by atoms with Crippen molar-refractivity contribution in [3.8, 4) is 0 Å². The Balaban J connectivity index is 1.75. The first-order chi connectivity index (χ1) is 8.59. The van der Waals surface area contributed by atoms with Crippen molar-refractivity contribution in [2.24, 2.45) is 5.92 Å². The molecule has 1 saturated heterocycles. The molecule has 0 spiro atoms. The number of nitrogens with one attached hydrogen (secondary N) is 1. The van der Waals surface area contributed by atoms with Gasteiger partial charge in [0.25, 0.3) is 0 Å². The summed E-state index contributed by atoms with van der Waals surface area (Å²) in [5, 5.41) is 0. The highest BCUT2D eigenvalue weighted by Crippen LogP contribution is 2.18. The number of hydrogen-bond donors (Lipinski definition) is 1. The van der Waals surface area contributed by atoms with Gasteiger partial charge in [-0.25, -0.2) is 13.1 Å². The van der Waals surface area contributed by atoms with Crippen LogP contribution in [0.2, 0.25) is 0 Å². The Morgan fingerprint density at radius 2 is 2.39 bits per heavy atom. The maximum atomic E-state index is 11.4. The standard InChI is InChI=1S/C12H20N2O3S/c1-2-18(15,16)13-8-11-5-6-14(9-11)10-12-4-3-7-17-12/h3-4,7,11,13H,2,5-6,8-10H2,1H3/t11-/m0/s1. The van der Waals surface area contributed by atoms with Crippen molar-refractivity contribution >= 4 is 10.0 Å². The monoisotopic (exact) mass is 272 g/mol. The van der Waals surface area contributed by atoms with Gasteiger partial charge in [0.2, 0.25) is 10.0 Å². The number of furan rings is 1. The first kappa shape index (κ1) is 13.6. The van der Waals surface area contributed by atoms with Crippen molar-refractivity contribution in [2.45, 2.75) is 19.9 Å². The third kappa shape index (κ3) is 3.83. The van der Waals surface area contributed by atoms with Crippen LogP contribution in [0.3, 0.4) is 0 Å². The van der Waals surface area contributed by atoms with Crippen LogP contribution < -0.4 is 4.72 Å². The predicted octanol–water partition coefficient (Wildman–Crippen LogP) is 1.04. The lowest BCUT2D eigenvalue weighted by Gasteiger charge is -2.14. The van der Waals surface area contributed by atoms with Crippen molar-refractivity contribution in [3.63, 3.8) is 0 Å². The molecule has 0 unspecified atom stereocenters. The Bertz CT molecular complexity index is 456. The van der Waals surface area contributed by atoms with Gasteiger partial charge in [-0.1, -0.05) is 0 Å². The van der Waals surface area contributed by atoms with Gasteiger partial charge in [0.1, 0.15) is 5.76 Å². The molecule has 1 aromatic rings. The van der Waals surface area contributed by atoms with Crippen LogP contribution >= 0.6 is 0 Å². The van der Waals surface area contributed by atoms with Crippen LogP contribution in [0.1, 0.15) is 19.1 Å². The third-order valence-corrected chi connectivity index (χ3v) is 4.67. The molecule has 2 heterocycles. The Kier molecular flexibility index (Phi) is 4.42. The first-order valence-corrected chi connectivity index (χ1v) is 7.96. The molecular formula is C12H20N2O3S. The van der Waals surface area contributed by atoms with E-state index >= 15 is 0 Å². The summed E-state index contributed by atoms with van der Waals surface area (Å²) in [6.45, 7) is 4.93. The number of likely N-dealkylation sites (tertiary alicyclic amines) is 1. The van der Waals surface area contributed by atoms with E-state index < -0.39 is 10.0 Å². The Morgan fingerprint density at radius 3 is 3.06 bits per heavy atom. The zero-order valence-electron chi connectivity index (χ0n) is 10.6. The van der Waals surface area contributed by atoms with Gasteiger partial charge in [-0.05, 0) is 37.9 Å². The zero-order valence-corrected chi connectivity index (χ0v) is 11.4. The zero-order chi connectivity index (χ0) is 13.0. The fourth-order valence-electron chi connectivity index (χ4n) is 2.19. The molecule has 1 aliphatic rings. The second kappa shape index (κ2) is 5.86. The summed E-state index contributed by atoms with van der Waals surface area (Å²) in [5.74, 6) is 1.52. The minimum atomic E-state index is -3.06.